The van der Waals surface area contributed by atoms with Crippen molar-refractivity contribution in [1.82, 2.24) is 15.3 Å². The molecule has 9 heteroatoms. The molecule has 22 heavy (non-hydrogen) atoms. The zero-order valence-electron chi connectivity index (χ0n) is 11.6. The number of hydrogen-bond donors (Lipinski definition) is 3. The molecule has 1 aliphatic heterocycles. The van der Waals surface area contributed by atoms with E-state index in [1.807, 2.05) is 0 Å². The number of hydrazine groups is 2. The van der Waals surface area contributed by atoms with E-state index < -0.39 is 23.8 Å². The predicted molar refractivity (Wildman–Crippen MR) is 74.8 cm³/mol. The van der Waals surface area contributed by atoms with Crippen LogP contribution in [0.2, 0.25) is 0 Å². The maximum Gasteiger partial charge on any atom is 0.352 e. The van der Waals surface area contributed by atoms with Gasteiger partial charge in [-0.2, -0.15) is 5.01 Å². The Kier molecular flexibility index (Phi) is 4.49. The van der Waals surface area contributed by atoms with Gasteiger partial charge in [-0.15, -0.1) is 0 Å². The summed E-state index contributed by atoms with van der Waals surface area (Å²) in [5.74, 6) is 8.64. The minimum absolute atomic E-state index is 0.0656. The summed E-state index contributed by atoms with van der Waals surface area (Å²) in [6, 6.07) is 5.57. The molecular formula is C13H15N5O4. The number of urea groups is 1. The third-order valence-electron chi connectivity index (χ3n) is 3.26. The molecule has 0 spiro atoms. The Morgan fingerprint density at radius 3 is 2.18 bits per heavy atom. The van der Waals surface area contributed by atoms with Gasteiger partial charge in [0.15, 0.2) is 0 Å². The maximum atomic E-state index is 12.1. The molecule has 0 radical (unpaired) electrons. The number of fused-ring (bicyclic) bond motifs is 1. The van der Waals surface area contributed by atoms with Gasteiger partial charge in [0.1, 0.15) is 0 Å². The summed E-state index contributed by atoms with van der Waals surface area (Å²) in [5.41, 5.74) is 2.42. The molecular weight excluding hydrogens is 290 g/mol. The Morgan fingerprint density at radius 1 is 1.14 bits per heavy atom. The van der Waals surface area contributed by atoms with Crippen LogP contribution in [0.25, 0.3) is 0 Å². The van der Waals surface area contributed by atoms with Crippen molar-refractivity contribution in [3.63, 3.8) is 0 Å². The monoisotopic (exact) mass is 305 g/mol. The van der Waals surface area contributed by atoms with Crippen LogP contribution in [-0.4, -0.2) is 40.2 Å². The molecule has 9 nitrogen and oxygen atoms in total. The van der Waals surface area contributed by atoms with Crippen molar-refractivity contribution in [2.75, 3.05) is 6.54 Å². The first-order valence-corrected chi connectivity index (χ1v) is 6.50. The molecule has 0 bridgehead atoms. The molecule has 1 aromatic carbocycles. The van der Waals surface area contributed by atoms with Gasteiger partial charge >= 0.3 is 6.03 Å². The summed E-state index contributed by atoms with van der Waals surface area (Å²) in [4.78, 5) is 47.9. The summed E-state index contributed by atoms with van der Waals surface area (Å²) in [5, 5.41) is 0.350. The van der Waals surface area contributed by atoms with Crippen molar-refractivity contribution in [3.8, 4) is 0 Å². The van der Waals surface area contributed by atoms with Gasteiger partial charge in [-0.3, -0.25) is 24.7 Å². The number of nitrogens with zero attached hydrogens (tertiary/aromatic N) is 2. The first-order valence-electron chi connectivity index (χ1n) is 6.50. The van der Waals surface area contributed by atoms with Gasteiger partial charge in [0.2, 0.25) is 5.91 Å². The van der Waals surface area contributed by atoms with Gasteiger partial charge in [0.25, 0.3) is 11.8 Å². The number of hydrogen-bond acceptors (Lipinski definition) is 6. The second-order valence-corrected chi connectivity index (χ2v) is 4.62. The lowest BCUT2D eigenvalue weighted by Gasteiger charge is -2.16. The Labute approximate surface area is 125 Å². The minimum Gasteiger partial charge on any atom is -0.274 e. The fourth-order valence-corrected chi connectivity index (χ4v) is 2.13. The standard InChI is InChI=1S/C13H15N5O4/c14-16-13(22)18(15)10(19)6-3-7-17-11(20)8-4-1-2-5-9(8)12(17)21/h1-2,4-5H,3,6-7,14-15H2,(H,16,22). The lowest BCUT2D eigenvalue weighted by Crippen LogP contribution is -2.50. The number of imide groups is 2. The molecule has 0 aliphatic carbocycles. The van der Waals surface area contributed by atoms with Crippen molar-refractivity contribution in [3.05, 3.63) is 35.4 Å². The highest BCUT2D eigenvalue weighted by atomic mass is 16.2. The molecule has 0 aromatic heterocycles. The SMILES string of the molecule is NNC(=O)N(N)C(=O)CCCN1C(=O)c2ccccc2C1=O. The third-order valence-corrected chi connectivity index (χ3v) is 3.26. The zero-order valence-corrected chi connectivity index (χ0v) is 11.6. The quantitative estimate of drug-likeness (QED) is 0.292. The van der Waals surface area contributed by atoms with E-state index in [1.165, 1.54) is 0 Å². The molecule has 0 atom stereocenters. The summed E-state index contributed by atoms with van der Waals surface area (Å²) in [6.07, 6.45) is 0.0905. The number of rotatable bonds is 4. The van der Waals surface area contributed by atoms with Gasteiger partial charge in [-0.05, 0) is 18.6 Å². The van der Waals surface area contributed by atoms with Crippen molar-refractivity contribution in [2.24, 2.45) is 11.7 Å². The lowest BCUT2D eigenvalue weighted by molar-refractivity contribution is -0.128. The second kappa shape index (κ2) is 6.33. The average Bonchev–Trinajstić information content (AvgIpc) is 2.78. The van der Waals surface area contributed by atoms with Gasteiger partial charge in [-0.1, -0.05) is 12.1 Å². The normalized spacial score (nSPS) is 13.1. The Hall–Kier alpha value is -2.78. The topological polar surface area (TPSA) is 139 Å². The van der Waals surface area contributed by atoms with Crippen LogP contribution in [0.1, 0.15) is 33.6 Å². The van der Waals surface area contributed by atoms with Crippen LogP contribution in [0.15, 0.2) is 24.3 Å². The van der Waals surface area contributed by atoms with Crippen LogP contribution in [0.4, 0.5) is 4.79 Å². The molecule has 116 valence electrons. The summed E-state index contributed by atoms with van der Waals surface area (Å²) in [7, 11) is 0. The van der Waals surface area contributed by atoms with E-state index in [-0.39, 0.29) is 19.4 Å². The smallest absolute Gasteiger partial charge is 0.274 e. The van der Waals surface area contributed by atoms with E-state index in [9.17, 15) is 19.2 Å². The summed E-state index contributed by atoms with van der Waals surface area (Å²) in [6.45, 7) is 0.0656. The molecule has 1 heterocycles. The van der Waals surface area contributed by atoms with E-state index in [1.54, 1.807) is 29.7 Å². The number of nitrogens with two attached hydrogens (primary N) is 2. The van der Waals surface area contributed by atoms with Crippen molar-refractivity contribution in [2.45, 2.75) is 12.8 Å². The van der Waals surface area contributed by atoms with Crippen LogP contribution in [0, 0.1) is 0 Å². The van der Waals surface area contributed by atoms with Crippen molar-refractivity contribution < 1.29 is 19.2 Å². The summed E-state index contributed by atoms with van der Waals surface area (Å²) >= 11 is 0. The maximum absolute atomic E-state index is 12.1. The molecule has 1 aromatic rings. The van der Waals surface area contributed by atoms with E-state index in [0.717, 1.165) is 4.90 Å². The molecule has 1 aliphatic rings. The Morgan fingerprint density at radius 2 is 1.68 bits per heavy atom. The third kappa shape index (κ3) is 2.80. The number of nitrogens with one attached hydrogen (secondary N) is 1. The lowest BCUT2D eigenvalue weighted by atomic mass is 10.1. The van der Waals surface area contributed by atoms with Gasteiger partial charge in [0.05, 0.1) is 11.1 Å². The van der Waals surface area contributed by atoms with E-state index in [4.69, 9.17) is 11.7 Å². The van der Waals surface area contributed by atoms with Gasteiger partial charge in [0, 0.05) is 13.0 Å². The largest absolute Gasteiger partial charge is 0.352 e. The van der Waals surface area contributed by atoms with E-state index in [2.05, 4.69) is 0 Å². The fourth-order valence-electron chi connectivity index (χ4n) is 2.13. The highest BCUT2D eigenvalue weighted by Crippen LogP contribution is 2.22. The molecule has 0 saturated heterocycles. The molecule has 0 unspecified atom stereocenters. The van der Waals surface area contributed by atoms with E-state index in [0.29, 0.717) is 16.1 Å². The first kappa shape index (κ1) is 15.6. The number of carbonyl (C=O) groups is 4. The number of carbonyl (C=O) groups excluding carboxylic acids is 4. The average molecular weight is 305 g/mol. The van der Waals surface area contributed by atoms with Gasteiger partial charge < -0.3 is 0 Å². The van der Waals surface area contributed by atoms with Crippen molar-refractivity contribution in [1.29, 1.82) is 0 Å². The Bertz CT molecular complexity index is 610. The molecule has 0 saturated carbocycles. The van der Waals surface area contributed by atoms with Crippen LogP contribution in [0.3, 0.4) is 0 Å². The van der Waals surface area contributed by atoms with Crippen LogP contribution in [-0.2, 0) is 4.79 Å². The first-order chi connectivity index (χ1) is 10.5. The molecule has 0 fully saturated rings. The highest BCUT2D eigenvalue weighted by Gasteiger charge is 2.34. The van der Waals surface area contributed by atoms with Crippen LogP contribution < -0.4 is 17.1 Å². The van der Waals surface area contributed by atoms with Crippen LogP contribution in [0.5, 0.6) is 0 Å². The molecule has 5 amide bonds. The zero-order chi connectivity index (χ0) is 16.3. The second-order valence-electron chi connectivity index (χ2n) is 4.62. The number of benzene rings is 1. The summed E-state index contributed by atoms with van der Waals surface area (Å²) < 4.78 is 0. The van der Waals surface area contributed by atoms with Crippen molar-refractivity contribution >= 4 is 23.8 Å². The molecule has 5 N–H and O–H groups in total. The Balaban J connectivity index is 1.92. The van der Waals surface area contributed by atoms with Crippen LogP contribution >= 0.6 is 0 Å². The molecule has 2 rings (SSSR count). The van der Waals surface area contributed by atoms with E-state index >= 15 is 0 Å². The fraction of sp³-hybridized carbons (Fsp3) is 0.231. The predicted octanol–water partition coefficient (Wildman–Crippen LogP) is -0.652. The van der Waals surface area contributed by atoms with Gasteiger partial charge in [-0.25, -0.2) is 16.5 Å². The number of amides is 5. The highest BCUT2D eigenvalue weighted by molar-refractivity contribution is 6.21. The minimum atomic E-state index is -0.939.